The molecule has 0 bridgehead atoms. The third-order valence-corrected chi connectivity index (χ3v) is 4.33. The summed E-state index contributed by atoms with van der Waals surface area (Å²) in [5, 5.41) is 6.26. The van der Waals surface area contributed by atoms with Crippen LogP contribution in [0.4, 0.5) is 0 Å². The van der Waals surface area contributed by atoms with E-state index in [2.05, 4.69) is 42.5 Å². The molecule has 6 heteroatoms. The molecule has 1 aromatic rings. The molecule has 1 fully saturated rings. The molecule has 2 N–H and O–H groups in total. The minimum Gasteiger partial charge on any atom is -0.481 e. The number of hydrogen-bond acceptors (Lipinski definition) is 3. The number of nitrogens with one attached hydrogen (secondary N) is 2. The van der Waals surface area contributed by atoms with Gasteiger partial charge in [0.1, 0.15) is 5.75 Å². The Balaban J connectivity index is 1.91. The first-order chi connectivity index (χ1) is 10.1. The highest BCUT2D eigenvalue weighted by atomic mass is 79.9. The first-order valence-electron chi connectivity index (χ1n) is 7.21. The first kappa shape index (κ1) is 16.8. The normalized spacial score (nSPS) is 14.0. The van der Waals surface area contributed by atoms with Crippen molar-refractivity contribution >= 4 is 37.8 Å². The Hall–Kier alpha value is -0.590. The van der Waals surface area contributed by atoms with Gasteiger partial charge in [0.15, 0.2) is 6.61 Å². The second-order valence-electron chi connectivity index (χ2n) is 5.18. The fourth-order valence-electron chi connectivity index (χ4n) is 1.86. The number of benzene rings is 1. The maximum absolute atomic E-state index is 11.6. The predicted molar refractivity (Wildman–Crippen MR) is 90.5 cm³/mol. The summed E-state index contributed by atoms with van der Waals surface area (Å²) in [4.78, 5) is 11.6. The summed E-state index contributed by atoms with van der Waals surface area (Å²) in [6, 6.07) is 4.74. The van der Waals surface area contributed by atoms with E-state index in [1.807, 2.05) is 19.1 Å². The molecule has 4 nitrogen and oxygen atoms in total. The SMILES string of the molecule is CCCNC(=O)COc1c(Br)cc(CNC2CC2)cc1Br. The van der Waals surface area contributed by atoms with Crippen LogP contribution in [-0.2, 0) is 11.3 Å². The van der Waals surface area contributed by atoms with E-state index in [4.69, 9.17) is 4.74 Å². The Morgan fingerprint density at radius 2 is 2.00 bits per heavy atom. The molecule has 1 aliphatic carbocycles. The molecule has 116 valence electrons. The Kier molecular flexibility index (Phi) is 6.51. The maximum atomic E-state index is 11.6. The van der Waals surface area contributed by atoms with Crippen molar-refractivity contribution < 1.29 is 9.53 Å². The summed E-state index contributed by atoms with van der Waals surface area (Å²) in [6.07, 6.45) is 3.47. The fraction of sp³-hybridized carbons (Fsp3) is 0.533. The molecule has 1 aliphatic rings. The molecule has 2 rings (SSSR count). The molecule has 0 aliphatic heterocycles. The van der Waals surface area contributed by atoms with Gasteiger partial charge in [-0.25, -0.2) is 0 Å². The van der Waals surface area contributed by atoms with Gasteiger partial charge < -0.3 is 15.4 Å². The van der Waals surface area contributed by atoms with Gasteiger partial charge in [0, 0.05) is 19.1 Å². The molecule has 0 aromatic heterocycles. The number of hydrogen-bond donors (Lipinski definition) is 2. The summed E-state index contributed by atoms with van der Waals surface area (Å²) in [7, 11) is 0. The van der Waals surface area contributed by atoms with Crippen molar-refractivity contribution in [3.8, 4) is 5.75 Å². The monoisotopic (exact) mass is 418 g/mol. The Bertz CT molecular complexity index is 481. The summed E-state index contributed by atoms with van der Waals surface area (Å²) < 4.78 is 7.30. The van der Waals surface area contributed by atoms with Crippen LogP contribution in [0.2, 0.25) is 0 Å². The van der Waals surface area contributed by atoms with Gasteiger partial charge in [0.05, 0.1) is 8.95 Å². The number of amides is 1. The minimum absolute atomic E-state index is 0.0247. The Morgan fingerprint density at radius 3 is 2.57 bits per heavy atom. The standard InChI is InChI=1S/C15H20Br2N2O2/c1-2-5-18-14(20)9-21-15-12(16)6-10(7-13(15)17)8-19-11-3-4-11/h6-7,11,19H,2-5,8-9H2,1H3,(H,18,20). The molecule has 0 spiro atoms. The zero-order valence-corrected chi connectivity index (χ0v) is 15.2. The van der Waals surface area contributed by atoms with Crippen molar-refractivity contribution in [2.24, 2.45) is 0 Å². The maximum Gasteiger partial charge on any atom is 0.257 e. The van der Waals surface area contributed by atoms with Gasteiger partial charge in [-0.3, -0.25) is 4.79 Å². The molecule has 0 heterocycles. The molecule has 0 saturated heterocycles. The number of rotatable bonds is 8. The van der Waals surface area contributed by atoms with Crippen molar-refractivity contribution in [3.63, 3.8) is 0 Å². The smallest absolute Gasteiger partial charge is 0.257 e. The van der Waals surface area contributed by atoms with Crippen LogP contribution in [0.15, 0.2) is 21.1 Å². The van der Waals surface area contributed by atoms with E-state index >= 15 is 0 Å². The highest BCUT2D eigenvalue weighted by molar-refractivity contribution is 9.11. The van der Waals surface area contributed by atoms with Crippen molar-refractivity contribution in [1.82, 2.24) is 10.6 Å². The minimum atomic E-state index is -0.102. The number of ether oxygens (including phenoxy) is 1. The van der Waals surface area contributed by atoms with Crippen molar-refractivity contribution in [3.05, 3.63) is 26.6 Å². The van der Waals surface area contributed by atoms with Crippen LogP contribution in [0.1, 0.15) is 31.7 Å². The second kappa shape index (κ2) is 8.15. The molecule has 0 unspecified atom stereocenters. The van der Waals surface area contributed by atoms with E-state index in [9.17, 15) is 4.79 Å². The van der Waals surface area contributed by atoms with Crippen LogP contribution < -0.4 is 15.4 Å². The molecular weight excluding hydrogens is 400 g/mol. The summed E-state index contributed by atoms with van der Waals surface area (Å²) >= 11 is 7.02. The summed E-state index contributed by atoms with van der Waals surface area (Å²) in [5.41, 5.74) is 1.18. The number of halogens is 2. The third kappa shape index (κ3) is 5.60. The van der Waals surface area contributed by atoms with Gasteiger partial charge in [-0.15, -0.1) is 0 Å². The summed E-state index contributed by atoms with van der Waals surface area (Å²) in [5.74, 6) is 0.562. The zero-order chi connectivity index (χ0) is 15.2. The highest BCUT2D eigenvalue weighted by Crippen LogP contribution is 2.35. The Labute approximate surface area is 142 Å². The molecule has 1 saturated carbocycles. The quantitative estimate of drug-likeness (QED) is 0.679. The lowest BCUT2D eigenvalue weighted by Crippen LogP contribution is -2.29. The van der Waals surface area contributed by atoms with E-state index in [1.54, 1.807) is 0 Å². The largest absolute Gasteiger partial charge is 0.481 e. The van der Waals surface area contributed by atoms with Crippen LogP contribution in [0.25, 0.3) is 0 Å². The van der Waals surface area contributed by atoms with Crippen LogP contribution in [-0.4, -0.2) is 25.1 Å². The van der Waals surface area contributed by atoms with Gasteiger partial charge in [-0.1, -0.05) is 6.92 Å². The topological polar surface area (TPSA) is 50.4 Å². The number of carbonyl (C=O) groups excluding carboxylic acids is 1. The average molecular weight is 420 g/mol. The molecule has 0 atom stereocenters. The highest BCUT2D eigenvalue weighted by Gasteiger charge is 2.20. The second-order valence-corrected chi connectivity index (χ2v) is 6.89. The zero-order valence-electron chi connectivity index (χ0n) is 12.0. The lowest BCUT2D eigenvalue weighted by Gasteiger charge is -2.12. The Morgan fingerprint density at radius 1 is 1.33 bits per heavy atom. The van der Waals surface area contributed by atoms with E-state index in [1.165, 1.54) is 18.4 Å². The van der Waals surface area contributed by atoms with Crippen LogP contribution in [0, 0.1) is 0 Å². The van der Waals surface area contributed by atoms with Crippen molar-refractivity contribution in [2.75, 3.05) is 13.2 Å². The van der Waals surface area contributed by atoms with Crippen LogP contribution in [0.3, 0.4) is 0 Å². The van der Waals surface area contributed by atoms with E-state index in [-0.39, 0.29) is 12.5 Å². The van der Waals surface area contributed by atoms with Gasteiger partial charge in [-0.2, -0.15) is 0 Å². The van der Waals surface area contributed by atoms with Gasteiger partial charge in [-0.05, 0) is 68.8 Å². The van der Waals surface area contributed by atoms with Crippen molar-refractivity contribution in [1.29, 1.82) is 0 Å². The molecule has 0 radical (unpaired) electrons. The molecule has 1 aromatic carbocycles. The fourth-order valence-corrected chi connectivity index (χ4v) is 3.37. The van der Waals surface area contributed by atoms with E-state index in [0.717, 1.165) is 21.9 Å². The van der Waals surface area contributed by atoms with Crippen LogP contribution in [0.5, 0.6) is 5.75 Å². The molecule has 21 heavy (non-hydrogen) atoms. The number of carbonyl (C=O) groups is 1. The van der Waals surface area contributed by atoms with Gasteiger partial charge in [0.2, 0.25) is 0 Å². The third-order valence-electron chi connectivity index (χ3n) is 3.15. The first-order valence-corrected chi connectivity index (χ1v) is 8.79. The molecule has 1 amide bonds. The van der Waals surface area contributed by atoms with Crippen molar-refractivity contribution in [2.45, 2.75) is 38.8 Å². The summed E-state index contributed by atoms with van der Waals surface area (Å²) in [6.45, 7) is 3.56. The predicted octanol–water partition coefficient (Wildman–Crippen LogP) is 3.37. The molecular formula is C15H20Br2N2O2. The average Bonchev–Trinajstić information content (AvgIpc) is 3.26. The van der Waals surface area contributed by atoms with Gasteiger partial charge in [0.25, 0.3) is 5.91 Å². The van der Waals surface area contributed by atoms with E-state index in [0.29, 0.717) is 18.3 Å². The lowest BCUT2D eigenvalue weighted by atomic mass is 10.2. The van der Waals surface area contributed by atoms with Gasteiger partial charge >= 0.3 is 0 Å². The van der Waals surface area contributed by atoms with E-state index < -0.39 is 0 Å². The van der Waals surface area contributed by atoms with Crippen LogP contribution >= 0.6 is 31.9 Å². The lowest BCUT2D eigenvalue weighted by molar-refractivity contribution is -0.123.